The third kappa shape index (κ3) is 7.73. The van der Waals surface area contributed by atoms with E-state index < -0.39 is 16.1 Å². The van der Waals surface area contributed by atoms with Gasteiger partial charge in [0.05, 0.1) is 22.0 Å². The molecule has 1 aliphatic carbocycles. The molecule has 0 spiro atoms. The normalized spacial score (nSPS) is 15.9. The molecule has 0 aromatic heterocycles. The molecule has 1 heterocycles. The van der Waals surface area contributed by atoms with Crippen LogP contribution in [-0.4, -0.2) is 63.2 Å². The number of carbonyl (C=O) groups excluding carboxylic acids is 2. The lowest BCUT2D eigenvalue weighted by atomic mass is 10.1. The monoisotopic (exact) mass is 611 g/mol. The molecule has 218 valence electrons. The summed E-state index contributed by atoms with van der Waals surface area (Å²) in [5.74, 6) is 0.551. The number of nitrogens with one attached hydrogen (secondary N) is 1. The van der Waals surface area contributed by atoms with E-state index in [9.17, 15) is 18.0 Å². The van der Waals surface area contributed by atoms with Crippen molar-refractivity contribution in [3.05, 3.63) is 52.0 Å². The number of rotatable bonds is 11. The SMILES string of the molecule is C[C@H](C(=O)NC1CCCC1)N(Cc1ccc(Cl)c(Cl)c1)C(=O)CCCN(c1ccc2c(c1)OCCO2)S(C)(=O)=O. The lowest BCUT2D eigenvalue weighted by molar-refractivity contribution is -0.141. The maximum atomic E-state index is 13.5. The predicted molar refractivity (Wildman–Crippen MR) is 156 cm³/mol. The van der Waals surface area contributed by atoms with E-state index in [4.69, 9.17) is 32.7 Å². The first-order chi connectivity index (χ1) is 19.0. The molecule has 1 N–H and O–H groups in total. The summed E-state index contributed by atoms with van der Waals surface area (Å²) in [5, 5.41) is 3.83. The van der Waals surface area contributed by atoms with Crippen molar-refractivity contribution in [2.75, 3.05) is 30.3 Å². The number of hydrogen-bond donors (Lipinski definition) is 1. The maximum Gasteiger partial charge on any atom is 0.242 e. The van der Waals surface area contributed by atoms with Crippen LogP contribution in [0.5, 0.6) is 11.5 Å². The zero-order valence-corrected chi connectivity index (χ0v) is 25.0. The second-order valence-corrected chi connectivity index (χ2v) is 12.9. The topological polar surface area (TPSA) is 105 Å². The van der Waals surface area contributed by atoms with Crippen LogP contribution in [0.15, 0.2) is 36.4 Å². The zero-order valence-electron chi connectivity index (χ0n) is 22.7. The van der Waals surface area contributed by atoms with E-state index in [0.29, 0.717) is 40.4 Å². The molecule has 0 radical (unpaired) electrons. The Labute approximate surface area is 245 Å². The van der Waals surface area contributed by atoms with E-state index in [0.717, 1.165) is 37.5 Å². The lowest BCUT2D eigenvalue weighted by Crippen LogP contribution is -2.49. The van der Waals surface area contributed by atoms with Gasteiger partial charge < -0.3 is 19.7 Å². The van der Waals surface area contributed by atoms with Crippen molar-refractivity contribution in [2.45, 2.75) is 64.1 Å². The van der Waals surface area contributed by atoms with Gasteiger partial charge in [-0.1, -0.05) is 42.1 Å². The van der Waals surface area contributed by atoms with Crippen molar-refractivity contribution in [1.82, 2.24) is 10.2 Å². The fourth-order valence-corrected chi connectivity index (χ4v) is 6.28. The van der Waals surface area contributed by atoms with Crippen LogP contribution in [0.3, 0.4) is 0 Å². The number of anilines is 1. The van der Waals surface area contributed by atoms with Gasteiger partial charge in [-0.3, -0.25) is 13.9 Å². The summed E-state index contributed by atoms with van der Waals surface area (Å²) in [7, 11) is -3.64. The molecule has 12 heteroatoms. The van der Waals surface area contributed by atoms with Gasteiger partial charge in [0.25, 0.3) is 0 Å². The quantitative estimate of drug-likeness (QED) is 0.392. The van der Waals surface area contributed by atoms with Crippen molar-refractivity contribution in [3.63, 3.8) is 0 Å². The van der Waals surface area contributed by atoms with Gasteiger partial charge in [-0.05, 0) is 56.0 Å². The highest BCUT2D eigenvalue weighted by Gasteiger charge is 2.29. The number of hydrogen-bond acceptors (Lipinski definition) is 6. The zero-order chi connectivity index (χ0) is 28.9. The van der Waals surface area contributed by atoms with Crippen LogP contribution >= 0.6 is 23.2 Å². The summed E-state index contributed by atoms with van der Waals surface area (Å²) in [6.07, 6.45) is 5.42. The third-order valence-corrected chi connectivity index (χ3v) is 9.10. The molecule has 0 saturated heterocycles. The van der Waals surface area contributed by atoms with Crippen LogP contribution in [0.4, 0.5) is 5.69 Å². The molecule has 1 saturated carbocycles. The summed E-state index contributed by atoms with van der Waals surface area (Å²) in [6, 6.07) is 9.45. The highest BCUT2D eigenvalue weighted by molar-refractivity contribution is 7.92. The fourth-order valence-electron chi connectivity index (χ4n) is 5.00. The van der Waals surface area contributed by atoms with Crippen molar-refractivity contribution < 1.29 is 27.5 Å². The Bertz CT molecular complexity index is 1330. The molecular weight excluding hydrogens is 577 g/mol. The van der Waals surface area contributed by atoms with Crippen molar-refractivity contribution in [3.8, 4) is 11.5 Å². The van der Waals surface area contributed by atoms with E-state index in [1.54, 1.807) is 43.3 Å². The van der Waals surface area contributed by atoms with E-state index in [1.165, 1.54) is 9.21 Å². The minimum absolute atomic E-state index is 0.0406. The Morgan fingerprint density at radius 2 is 1.73 bits per heavy atom. The lowest BCUT2D eigenvalue weighted by Gasteiger charge is -2.30. The molecule has 1 aliphatic heterocycles. The van der Waals surface area contributed by atoms with Crippen LogP contribution < -0.4 is 19.1 Å². The summed E-state index contributed by atoms with van der Waals surface area (Å²) in [4.78, 5) is 28.1. The predicted octanol–water partition coefficient (Wildman–Crippen LogP) is 4.79. The van der Waals surface area contributed by atoms with Crippen molar-refractivity contribution >= 4 is 50.7 Å². The molecule has 2 aromatic rings. The van der Waals surface area contributed by atoms with E-state index >= 15 is 0 Å². The van der Waals surface area contributed by atoms with Crippen LogP contribution in [0.2, 0.25) is 10.0 Å². The van der Waals surface area contributed by atoms with Gasteiger partial charge in [-0.15, -0.1) is 0 Å². The highest BCUT2D eigenvalue weighted by atomic mass is 35.5. The summed E-state index contributed by atoms with van der Waals surface area (Å²) in [6.45, 7) is 2.75. The standard InChI is InChI=1S/C28H35Cl2N3O6S/c1-19(28(35)31-21-6-3-4-7-21)32(18-20-9-11-23(29)24(30)16-20)27(34)8-5-13-33(40(2,36)37)22-10-12-25-26(17-22)39-15-14-38-25/h9-12,16-17,19,21H,3-8,13-15,18H2,1-2H3,(H,31,35)/t19-/m1/s1. The van der Waals surface area contributed by atoms with Crippen LogP contribution in [-0.2, 0) is 26.2 Å². The first-order valence-corrected chi connectivity index (χ1v) is 16.0. The average Bonchev–Trinajstić information content (AvgIpc) is 3.43. The first-order valence-electron chi connectivity index (χ1n) is 13.4. The van der Waals surface area contributed by atoms with Crippen LogP contribution in [0, 0.1) is 0 Å². The minimum Gasteiger partial charge on any atom is -0.486 e. The third-order valence-electron chi connectivity index (χ3n) is 7.17. The molecule has 2 amide bonds. The minimum atomic E-state index is -3.64. The number of benzene rings is 2. The molecule has 9 nitrogen and oxygen atoms in total. The molecular formula is C28H35Cl2N3O6S. The number of halogens is 2. The van der Waals surface area contributed by atoms with E-state index in [-0.39, 0.29) is 43.8 Å². The van der Waals surface area contributed by atoms with Gasteiger partial charge in [0, 0.05) is 31.6 Å². The van der Waals surface area contributed by atoms with E-state index in [1.807, 2.05) is 0 Å². The largest absolute Gasteiger partial charge is 0.486 e. The number of amides is 2. The Morgan fingerprint density at radius 1 is 1.02 bits per heavy atom. The van der Waals surface area contributed by atoms with Gasteiger partial charge in [0.2, 0.25) is 21.8 Å². The number of nitrogens with zero attached hydrogens (tertiary/aromatic N) is 2. The molecule has 0 bridgehead atoms. The molecule has 4 rings (SSSR count). The maximum absolute atomic E-state index is 13.5. The molecule has 0 unspecified atom stereocenters. The Morgan fingerprint density at radius 3 is 2.40 bits per heavy atom. The molecule has 1 atom stereocenters. The second-order valence-electron chi connectivity index (χ2n) is 10.2. The summed E-state index contributed by atoms with van der Waals surface area (Å²) < 4.78 is 37.7. The number of fused-ring (bicyclic) bond motifs is 1. The fraction of sp³-hybridized carbons (Fsp3) is 0.500. The Balaban J connectivity index is 1.47. The highest BCUT2D eigenvalue weighted by Crippen LogP contribution is 2.35. The number of sulfonamides is 1. The number of carbonyl (C=O) groups is 2. The molecule has 2 aliphatic rings. The summed E-state index contributed by atoms with van der Waals surface area (Å²) in [5.41, 5.74) is 1.16. The van der Waals surface area contributed by atoms with Gasteiger partial charge in [-0.25, -0.2) is 8.42 Å². The van der Waals surface area contributed by atoms with Gasteiger partial charge in [-0.2, -0.15) is 0 Å². The van der Waals surface area contributed by atoms with Gasteiger partial charge >= 0.3 is 0 Å². The van der Waals surface area contributed by atoms with Gasteiger partial charge in [0.1, 0.15) is 19.3 Å². The van der Waals surface area contributed by atoms with Crippen LogP contribution in [0.25, 0.3) is 0 Å². The molecule has 40 heavy (non-hydrogen) atoms. The van der Waals surface area contributed by atoms with Crippen molar-refractivity contribution in [2.24, 2.45) is 0 Å². The van der Waals surface area contributed by atoms with Crippen LogP contribution in [0.1, 0.15) is 51.0 Å². The first kappa shape index (κ1) is 30.3. The Hall–Kier alpha value is -2.69. The molecule has 2 aromatic carbocycles. The number of ether oxygens (including phenoxy) is 2. The van der Waals surface area contributed by atoms with Gasteiger partial charge in [0.15, 0.2) is 11.5 Å². The Kier molecular flexibility index (Phi) is 10.1. The molecule has 1 fully saturated rings. The smallest absolute Gasteiger partial charge is 0.242 e. The second kappa shape index (κ2) is 13.3. The summed E-state index contributed by atoms with van der Waals surface area (Å²) >= 11 is 12.3. The average molecular weight is 613 g/mol. The van der Waals surface area contributed by atoms with E-state index in [2.05, 4.69) is 5.32 Å². The van der Waals surface area contributed by atoms with Crippen molar-refractivity contribution in [1.29, 1.82) is 0 Å².